The molecule has 0 radical (unpaired) electrons. The van der Waals surface area contributed by atoms with Gasteiger partial charge in [-0.15, -0.1) is 0 Å². The molecule has 1 heterocycles. The predicted octanol–water partition coefficient (Wildman–Crippen LogP) is 2.30. The molecule has 0 aliphatic carbocycles. The van der Waals surface area contributed by atoms with E-state index in [9.17, 15) is 15.2 Å². The van der Waals surface area contributed by atoms with E-state index in [2.05, 4.69) is 24.1 Å². The van der Waals surface area contributed by atoms with Crippen LogP contribution >= 0.6 is 0 Å². The zero-order valence-corrected chi connectivity index (χ0v) is 13.9. The normalized spacial score (nSPS) is 18.4. The van der Waals surface area contributed by atoms with E-state index >= 15 is 0 Å². The number of phenols is 1. The van der Waals surface area contributed by atoms with Crippen LogP contribution in [0.2, 0.25) is 0 Å². The lowest BCUT2D eigenvalue weighted by molar-refractivity contribution is -0.385. The molecule has 1 aliphatic rings. The molecule has 7 heteroatoms. The summed E-state index contributed by atoms with van der Waals surface area (Å²) in [5.41, 5.74) is 0.519. The van der Waals surface area contributed by atoms with Gasteiger partial charge >= 0.3 is 0 Å². The molecule has 2 rings (SSSR count). The second kappa shape index (κ2) is 7.61. The first-order chi connectivity index (χ1) is 11.0. The molecule has 0 aromatic heterocycles. The fraction of sp³-hybridized carbons (Fsp3) is 0.625. The first-order valence-corrected chi connectivity index (χ1v) is 7.99. The van der Waals surface area contributed by atoms with Gasteiger partial charge < -0.3 is 15.2 Å². The molecule has 0 saturated carbocycles. The number of aromatic hydroxyl groups is 1. The number of nitro groups is 1. The maximum Gasteiger partial charge on any atom is 0.273 e. The second-order valence-corrected chi connectivity index (χ2v) is 5.96. The third kappa shape index (κ3) is 3.73. The van der Waals surface area contributed by atoms with Gasteiger partial charge in [0.2, 0.25) is 0 Å². The van der Waals surface area contributed by atoms with Gasteiger partial charge in [-0.05, 0) is 5.92 Å². The number of nitro benzene ring substituents is 1. The van der Waals surface area contributed by atoms with Gasteiger partial charge in [-0.1, -0.05) is 20.3 Å². The van der Waals surface area contributed by atoms with Crippen molar-refractivity contribution < 1.29 is 14.8 Å². The van der Waals surface area contributed by atoms with Crippen molar-refractivity contribution >= 4 is 5.69 Å². The van der Waals surface area contributed by atoms with Crippen LogP contribution in [0.1, 0.15) is 31.9 Å². The number of non-ortho nitro benzene ring substituents is 1. The number of benzene rings is 1. The third-order valence-corrected chi connectivity index (χ3v) is 4.57. The first-order valence-electron chi connectivity index (χ1n) is 7.99. The van der Waals surface area contributed by atoms with Gasteiger partial charge in [-0.3, -0.25) is 15.0 Å². The van der Waals surface area contributed by atoms with Crippen molar-refractivity contribution in [3.8, 4) is 11.5 Å². The number of phenolic OH excluding ortho intramolecular Hbond substituents is 1. The Hall–Kier alpha value is -1.86. The van der Waals surface area contributed by atoms with Gasteiger partial charge in [-0.2, -0.15) is 0 Å². The average Bonchev–Trinajstić information content (AvgIpc) is 2.57. The van der Waals surface area contributed by atoms with Gasteiger partial charge in [0.05, 0.1) is 18.1 Å². The summed E-state index contributed by atoms with van der Waals surface area (Å²) in [5, 5.41) is 25.1. The summed E-state index contributed by atoms with van der Waals surface area (Å²) in [6.07, 6.45) is 0.916. The largest absolute Gasteiger partial charge is 0.504 e. The van der Waals surface area contributed by atoms with Crippen LogP contribution in [-0.4, -0.2) is 48.2 Å². The number of ether oxygens (including phenoxy) is 1. The molecular weight excluding hydrogens is 298 g/mol. The number of nitrogens with one attached hydrogen (secondary N) is 1. The minimum Gasteiger partial charge on any atom is -0.504 e. The Morgan fingerprint density at radius 2 is 2.09 bits per heavy atom. The molecule has 1 saturated heterocycles. The minimum absolute atomic E-state index is 0.00179. The number of methoxy groups -OCH3 is 1. The van der Waals surface area contributed by atoms with Crippen LogP contribution in [0, 0.1) is 16.0 Å². The van der Waals surface area contributed by atoms with E-state index in [4.69, 9.17) is 4.74 Å². The molecule has 1 fully saturated rings. The summed E-state index contributed by atoms with van der Waals surface area (Å²) < 4.78 is 5.14. The molecule has 2 N–H and O–H groups in total. The highest BCUT2D eigenvalue weighted by Gasteiger charge is 2.31. The van der Waals surface area contributed by atoms with Crippen LogP contribution in [0.3, 0.4) is 0 Å². The van der Waals surface area contributed by atoms with Crippen molar-refractivity contribution in [2.24, 2.45) is 5.92 Å². The van der Waals surface area contributed by atoms with Gasteiger partial charge in [0, 0.05) is 43.9 Å². The standard InChI is InChI=1S/C16H25N3O4/c1-4-11(2)15(18-7-5-17-6-8-18)13-9-12(19(21)22)10-14(23-3)16(13)20/h9-11,15,17,20H,4-8H2,1-3H3/t11?,15-/m1/s1. The van der Waals surface area contributed by atoms with Crippen molar-refractivity contribution in [2.75, 3.05) is 33.3 Å². The van der Waals surface area contributed by atoms with Crippen molar-refractivity contribution in [2.45, 2.75) is 26.3 Å². The molecule has 7 nitrogen and oxygen atoms in total. The van der Waals surface area contributed by atoms with Crippen LogP contribution < -0.4 is 10.1 Å². The fourth-order valence-electron chi connectivity index (χ4n) is 3.15. The molecule has 0 amide bonds. The number of rotatable bonds is 6. The predicted molar refractivity (Wildman–Crippen MR) is 88.0 cm³/mol. The topological polar surface area (TPSA) is 87.9 Å². The molecule has 1 aromatic carbocycles. The maximum absolute atomic E-state index is 11.2. The van der Waals surface area contributed by atoms with Crippen LogP contribution in [0.15, 0.2) is 12.1 Å². The van der Waals surface area contributed by atoms with Crippen molar-refractivity contribution in [1.82, 2.24) is 10.2 Å². The quantitative estimate of drug-likeness (QED) is 0.617. The van der Waals surface area contributed by atoms with Crippen LogP contribution in [-0.2, 0) is 0 Å². The summed E-state index contributed by atoms with van der Waals surface area (Å²) >= 11 is 0. The summed E-state index contributed by atoms with van der Waals surface area (Å²) in [6.45, 7) is 7.64. The highest BCUT2D eigenvalue weighted by atomic mass is 16.6. The van der Waals surface area contributed by atoms with Gasteiger partial charge in [0.1, 0.15) is 0 Å². The first kappa shape index (κ1) is 17.5. The smallest absolute Gasteiger partial charge is 0.273 e. The molecule has 1 unspecified atom stereocenters. The molecule has 1 aromatic rings. The molecule has 1 aliphatic heterocycles. The number of nitrogens with zero attached hydrogens (tertiary/aromatic N) is 2. The second-order valence-electron chi connectivity index (χ2n) is 5.96. The van der Waals surface area contributed by atoms with E-state index < -0.39 is 4.92 Å². The van der Waals surface area contributed by atoms with E-state index in [-0.39, 0.29) is 29.1 Å². The lowest BCUT2D eigenvalue weighted by Gasteiger charge is -2.38. The molecule has 128 valence electrons. The van der Waals surface area contributed by atoms with Gasteiger partial charge in [-0.25, -0.2) is 0 Å². The number of hydrogen-bond donors (Lipinski definition) is 2. The SMILES string of the molecule is CCC(C)[C@H](c1cc([N+](=O)[O-])cc(OC)c1O)N1CCNCC1. The molecule has 0 spiro atoms. The molecular formula is C16H25N3O4. The lowest BCUT2D eigenvalue weighted by Crippen LogP contribution is -2.46. The Labute approximate surface area is 136 Å². The van der Waals surface area contributed by atoms with E-state index in [0.29, 0.717) is 5.56 Å². The molecule has 2 atom stereocenters. The Bertz CT molecular complexity index is 559. The van der Waals surface area contributed by atoms with Crippen molar-refractivity contribution in [1.29, 1.82) is 0 Å². The maximum atomic E-state index is 11.2. The molecule has 23 heavy (non-hydrogen) atoms. The Morgan fingerprint density at radius 3 is 2.61 bits per heavy atom. The monoisotopic (exact) mass is 323 g/mol. The number of piperazine rings is 1. The van der Waals surface area contributed by atoms with E-state index in [1.165, 1.54) is 19.2 Å². The number of hydrogen-bond acceptors (Lipinski definition) is 6. The summed E-state index contributed by atoms with van der Waals surface area (Å²) in [7, 11) is 1.41. The van der Waals surface area contributed by atoms with Crippen molar-refractivity contribution in [3.05, 3.63) is 27.8 Å². The molecule has 0 bridgehead atoms. The van der Waals surface area contributed by atoms with Crippen LogP contribution in [0.25, 0.3) is 0 Å². The zero-order valence-electron chi connectivity index (χ0n) is 13.9. The summed E-state index contributed by atoms with van der Waals surface area (Å²) in [5.74, 6) is 0.408. The highest BCUT2D eigenvalue weighted by molar-refractivity contribution is 5.54. The van der Waals surface area contributed by atoms with Gasteiger partial charge in [0.15, 0.2) is 11.5 Å². The Morgan fingerprint density at radius 1 is 1.43 bits per heavy atom. The van der Waals surface area contributed by atoms with Crippen molar-refractivity contribution in [3.63, 3.8) is 0 Å². The van der Waals surface area contributed by atoms with Crippen LogP contribution in [0.5, 0.6) is 11.5 Å². The highest BCUT2D eigenvalue weighted by Crippen LogP contribution is 2.43. The fourth-order valence-corrected chi connectivity index (χ4v) is 3.15. The third-order valence-electron chi connectivity index (χ3n) is 4.57. The summed E-state index contributed by atoms with van der Waals surface area (Å²) in [6, 6.07) is 2.68. The van der Waals surface area contributed by atoms with E-state index in [1.54, 1.807) is 0 Å². The zero-order chi connectivity index (χ0) is 17.0. The average molecular weight is 323 g/mol. The summed E-state index contributed by atoms with van der Waals surface area (Å²) in [4.78, 5) is 13.0. The van der Waals surface area contributed by atoms with Gasteiger partial charge in [0.25, 0.3) is 5.69 Å². The van der Waals surface area contributed by atoms with Crippen LogP contribution in [0.4, 0.5) is 5.69 Å². The Kier molecular flexibility index (Phi) is 5.79. The lowest BCUT2D eigenvalue weighted by atomic mass is 9.89. The van der Waals surface area contributed by atoms with E-state index in [1.807, 2.05) is 0 Å². The minimum atomic E-state index is -0.448. The van der Waals surface area contributed by atoms with E-state index in [0.717, 1.165) is 32.6 Å². The Balaban J connectivity index is 2.51.